The first-order valence-corrected chi connectivity index (χ1v) is 8.12. The van der Waals surface area contributed by atoms with Crippen molar-refractivity contribution in [3.63, 3.8) is 0 Å². The van der Waals surface area contributed by atoms with Crippen molar-refractivity contribution in [2.75, 3.05) is 0 Å². The number of aliphatic hydroxyl groups excluding tert-OH is 1. The summed E-state index contributed by atoms with van der Waals surface area (Å²) in [6.45, 7) is 4.32. The van der Waals surface area contributed by atoms with Crippen LogP contribution in [0.15, 0.2) is 0 Å². The van der Waals surface area contributed by atoms with Crippen LogP contribution in [0.3, 0.4) is 0 Å². The summed E-state index contributed by atoms with van der Waals surface area (Å²) >= 11 is 0. The molecule has 0 unspecified atom stereocenters. The van der Waals surface area contributed by atoms with E-state index in [1.807, 2.05) is 0 Å². The fraction of sp³-hybridized carbons (Fsp3) is 0.938. The van der Waals surface area contributed by atoms with Gasteiger partial charge in [0.2, 0.25) is 0 Å². The molecular formula is C16H34O4. The van der Waals surface area contributed by atoms with Gasteiger partial charge in [-0.3, -0.25) is 4.79 Å². The molecule has 0 fully saturated rings. The highest BCUT2D eigenvalue weighted by Crippen LogP contribution is 2.05. The lowest BCUT2D eigenvalue weighted by Gasteiger charge is -2.01. The van der Waals surface area contributed by atoms with Crippen LogP contribution in [-0.2, 0) is 4.79 Å². The molecule has 0 bridgehead atoms. The van der Waals surface area contributed by atoms with Gasteiger partial charge in [0.05, 0.1) is 0 Å². The molecule has 0 aliphatic rings. The largest absolute Gasteiger partial charge is 0.481 e. The van der Waals surface area contributed by atoms with Crippen LogP contribution in [0.5, 0.6) is 0 Å². The van der Waals surface area contributed by atoms with E-state index < -0.39 is 12.3 Å². The molecule has 0 amide bonds. The Morgan fingerprint density at radius 2 is 1.25 bits per heavy atom. The molecule has 0 radical (unpaired) electrons. The molecule has 122 valence electrons. The van der Waals surface area contributed by atoms with Crippen molar-refractivity contribution < 1.29 is 20.1 Å². The van der Waals surface area contributed by atoms with Gasteiger partial charge in [-0.15, -0.1) is 0 Å². The SMILES string of the molecule is CCCCCCCC(=O)O.CCCCCCCC(O)O. The van der Waals surface area contributed by atoms with Crippen molar-refractivity contribution in [2.24, 2.45) is 0 Å². The molecule has 4 nitrogen and oxygen atoms in total. The lowest BCUT2D eigenvalue weighted by atomic mass is 10.1. The zero-order chi connectivity index (χ0) is 15.6. The molecule has 0 aromatic carbocycles. The second-order valence-corrected chi connectivity index (χ2v) is 5.24. The van der Waals surface area contributed by atoms with Crippen molar-refractivity contribution in [3.05, 3.63) is 0 Å². The van der Waals surface area contributed by atoms with Crippen LogP contribution in [-0.4, -0.2) is 27.6 Å². The van der Waals surface area contributed by atoms with Crippen LogP contribution in [0.2, 0.25) is 0 Å². The van der Waals surface area contributed by atoms with Crippen molar-refractivity contribution in [1.82, 2.24) is 0 Å². The highest BCUT2D eigenvalue weighted by Gasteiger charge is 1.95. The lowest BCUT2D eigenvalue weighted by molar-refractivity contribution is -0.137. The van der Waals surface area contributed by atoms with E-state index in [0.717, 1.165) is 25.7 Å². The predicted molar refractivity (Wildman–Crippen MR) is 82.6 cm³/mol. The van der Waals surface area contributed by atoms with Gasteiger partial charge in [-0.05, 0) is 19.3 Å². The number of carboxylic acids is 1. The Morgan fingerprint density at radius 3 is 1.65 bits per heavy atom. The second kappa shape index (κ2) is 18.4. The minimum atomic E-state index is -1.10. The number of aliphatic carboxylic acids is 1. The molecule has 3 N–H and O–H groups in total. The Bertz CT molecular complexity index is 193. The Balaban J connectivity index is 0. The monoisotopic (exact) mass is 290 g/mol. The van der Waals surface area contributed by atoms with Crippen LogP contribution in [0, 0.1) is 0 Å². The maximum atomic E-state index is 10.0. The van der Waals surface area contributed by atoms with Crippen molar-refractivity contribution in [2.45, 2.75) is 97.2 Å². The van der Waals surface area contributed by atoms with E-state index in [4.69, 9.17) is 15.3 Å². The lowest BCUT2D eigenvalue weighted by Crippen LogP contribution is -2.02. The quantitative estimate of drug-likeness (QED) is 0.374. The van der Waals surface area contributed by atoms with E-state index in [0.29, 0.717) is 12.8 Å². The van der Waals surface area contributed by atoms with Crippen molar-refractivity contribution >= 4 is 5.97 Å². The molecule has 0 aliphatic carbocycles. The first kappa shape index (κ1) is 21.7. The van der Waals surface area contributed by atoms with Gasteiger partial charge in [-0.2, -0.15) is 0 Å². The topological polar surface area (TPSA) is 77.8 Å². The predicted octanol–water partition coefficient (Wildman–Crippen LogP) is 4.09. The van der Waals surface area contributed by atoms with Gasteiger partial charge in [-0.1, -0.05) is 65.2 Å². The van der Waals surface area contributed by atoms with E-state index in [2.05, 4.69) is 13.8 Å². The molecule has 0 aromatic heterocycles. The molecule has 0 spiro atoms. The summed E-state index contributed by atoms with van der Waals surface area (Å²) in [4.78, 5) is 10.0. The first-order chi connectivity index (χ1) is 9.54. The third-order valence-corrected chi connectivity index (χ3v) is 3.06. The summed E-state index contributed by atoms with van der Waals surface area (Å²) < 4.78 is 0. The average molecular weight is 290 g/mol. The molecule has 0 aliphatic heterocycles. The Labute approximate surface area is 124 Å². The van der Waals surface area contributed by atoms with E-state index in [1.165, 1.54) is 38.5 Å². The number of rotatable bonds is 12. The minimum Gasteiger partial charge on any atom is -0.481 e. The number of hydrogen-bond acceptors (Lipinski definition) is 3. The number of unbranched alkanes of at least 4 members (excludes halogenated alkanes) is 8. The Kier molecular flexibility index (Phi) is 19.9. The maximum absolute atomic E-state index is 10.0. The number of carboxylic acid groups (broad SMARTS) is 1. The fourth-order valence-electron chi connectivity index (χ4n) is 1.81. The van der Waals surface area contributed by atoms with E-state index in [-0.39, 0.29) is 0 Å². The first-order valence-electron chi connectivity index (χ1n) is 8.12. The Morgan fingerprint density at radius 1 is 0.800 bits per heavy atom. The summed E-state index contributed by atoms with van der Waals surface area (Å²) in [6, 6.07) is 0. The van der Waals surface area contributed by atoms with Crippen LogP contribution in [0.1, 0.15) is 90.9 Å². The molecule has 20 heavy (non-hydrogen) atoms. The zero-order valence-corrected chi connectivity index (χ0v) is 13.3. The third-order valence-electron chi connectivity index (χ3n) is 3.06. The molecule has 0 saturated heterocycles. The van der Waals surface area contributed by atoms with Gasteiger partial charge < -0.3 is 15.3 Å². The summed E-state index contributed by atoms with van der Waals surface area (Å²) in [5, 5.41) is 25.2. The molecule has 0 rings (SSSR count). The zero-order valence-electron chi connectivity index (χ0n) is 13.3. The molecule has 4 heteroatoms. The van der Waals surface area contributed by atoms with Crippen molar-refractivity contribution in [1.29, 1.82) is 0 Å². The standard InChI is InChI=1S/C8H18O2.C8H16O2/c2*1-2-3-4-5-6-7-8(9)10/h8-10H,2-7H2,1H3;2-7H2,1H3,(H,9,10). The van der Waals surface area contributed by atoms with Gasteiger partial charge in [-0.25, -0.2) is 0 Å². The highest BCUT2D eigenvalue weighted by atomic mass is 16.5. The number of hydrogen-bond donors (Lipinski definition) is 3. The highest BCUT2D eigenvalue weighted by molar-refractivity contribution is 5.66. The Hall–Kier alpha value is -0.610. The molecule has 0 aromatic rings. The normalized spacial score (nSPS) is 10.2. The van der Waals surface area contributed by atoms with E-state index in [9.17, 15) is 4.79 Å². The average Bonchev–Trinajstić information content (AvgIpc) is 2.38. The summed E-state index contributed by atoms with van der Waals surface area (Å²) in [7, 11) is 0. The minimum absolute atomic E-state index is 0.337. The van der Waals surface area contributed by atoms with Gasteiger partial charge in [0.25, 0.3) is 0 Å². The maximum Gasteiger partial charge on any atom is 0.303 e. The summed E-state index contributed by atoms with van der Waals surface area (Å²) in [5.41, 5.74) is 0. The smallest absolute Gasteiger partial charge is 0.303 e. The van der Waals surface area contributed by atoms with E-state index >= 15 is 0 Å². The van der Waals surface area contributed by atoms with Crippen LogP contribution >= 0.6 is 0 Å². The molecule has 0 atom stereocenters. The summed E-state index contributed by atoms with van der Waals surface area (Å²) in [6.07, 6.45) is 11.1. The van der Waals surface area contributed by atoms with Crippen molar-refractivity contribution in [3.8, 4) is 0 Å². The molecule has 0 saturated carbocycles. The molecule has 0 heterocycles. The van der Waals surface area contributed by atoms with Crippen LogP contribution < -0.4 is 0 Å². The van der Waals surface area contributed by atoms with E-state index in [1.54, 1.807) is 0 Å². The third kappa shape index (κ3) is 26.1. The number of carbonyl (C=O) groups is 1. The van der Waals surface area contributed by atoms with Gasteiger partial charge in [0.15, 0.2) is 6.29 Å². The van der Waals surface area contributed by atoms with Crippen LogP contribution in [0.4, 0.5) is 0 Å². The second-order valence-electron chi connectivity index (χ2n) is 5.24. The molecular weight excluding hydrogens is 256 g/mol. The number of aliphatic hydroxyl groups is 2. The van der Waals surface area contributed by atoms with Gasteiger partial charge >= 0.3 is 5.97 Å². The fourth-order valence-corrected chi connectivity index (χ4v) is 1.81. The summed E-state index contributed by atoms with van der Waals surface area (Å²) in [5.74, 6) is -0.670. The van der Waals surface area contributed by atoms with Gasteiger partial charge in [0.1, 0.15) is 0 Å². The van der Waals surface area contributed by atoms with Gasteiger partial charge in [0, 0.05) is 6.42 Å². The van der Waals surface area contributed by atoms with Crippen LogP contribution in [0.25, 0.3) is 0 Å².